The van der Waals surface area contributed by atoms with Crippen LogP contribution in [0.4, 0.5) is 11.4 Å². The second kappa shape index (κ2) is 8.31. The first-order valence-electron chi connectivity index (χ1n) is 7.97. The summed E-state index contributed by atoms with van der Waals surface area (Å²) in [7, 11) is 0. The van der Waals surface area contributed by atoms with Gasteiger partial charge in [-0.3, -0.25) is 25.0 Å². The van der Waals surface area contributed by atoms with E-state index in [1.165, 1.54) is 48.7 Å². The average Bonchev–Trinajstić information content (AvgIpc) is 3.16. The van der Waals surface area contributed by atoms with E-state index in [4.69, 9.17) is 16.0 Å². The quantitative estimate of drug-likeness (QED) is 0.364. The second-order valence-electron chi connectivity index (χ2n) is 5.63. The summed E-state index contributed by atoms with van der Waals surface area (Å²) in [5, 5.41) is 25.6. The first-order chi connectivity index (χ1) is 13.8. The molecule has 0 fully saturated rings. The standard InChI is InChI=1S/C18H11ClN4O6/c19-16-7-5-13(23(27)28)9-15(16)17-8-6-14(29-17)10-20-21-18(24)11-1-3-12(4-2-11)22(25)26/h1-10H,(H,21,24)/b20-10+. The minimum Gasteiger partial charge on any atom is -0.455 e. The van der Waals surface area contributed by atoms with Gasteiger partial charge in [-0.2, -0.15) is 5.10 Å². The van der Waals surface area contributed by atoms with Crippen molar-refractivity contribution < 1.29 is 19.1 Å². The van der Waals surface area contributed by atoms with Crippen LogP contribution in [0, 0.1) is 20.2 Å². The van der Waals surface area contributed by atoms with Crippen molar-refractivity contribution in [1.82, 2.24) is 5.43 Å². The van der Waals surface area contributed by atoms with Crippen LogP contribution in [0.3, 0.4) is 0 Å². The summed E-state index contributed by atoms with van der Waals surface area (Å²) in [4.78, 5) is 32.4. The number of nitrogens with one attached hydrogen (secondary N) is 1. The number of rotatable bonds is 6. The van der Waals surface area contributed by atoms with Gasteiger partial charge in [-0.1, -0.05) is 11.6 Å². The summed E-state index contributed by atoms with van der Waals surface area (Å²) < 4.78 is 5.53. The van der Waals surface area contributed by atoms with Crippen molar-refractivity contribution >= 4 is 35.1 Å². The fourth-order valence-corrected chi connectivity index (χ4v) is 2.55. The lowest BCUT2D eigenvalue weighted by molar-refractivity contribution is -0.385. The molecule has 0 aliphatic heterocycles. The molecule has 0 radical (unpaired) electrons. The van der Waals surface area contributed by atoms with E-state index >= 15 is 0 Å². The van der Waals surface area contributed by atoms with E-state index in [2.05, 4.69) is 10.5 Å². The third-order valence-corrected chi connectivity index (χ3v) is 4.08. The number of hydrogen-bond acceptors (Lipinski definition) is 7. The normalized spacial score (nSPS) is 10.8. The van der Waals surface area contributed by atoms with Crippen molar-refractivity contribution in [2.24, 2.45) is 5.10 Å². The lowest BCUT2D eigenvalue weighted by Gasteiger charge is -2.00. The van der Waals surface area contributed by atoms with Crippen LogP contribution in [-0.4, -0.2) is 22.0 Å². The molecule has 0 spiro atoms. The zero-order chi connectivity index (χ0) is 21.0. The molecule has 0 saturated heterocycles. The molecule has 0 saturated carbocycles. The maximum Gasteiger partial charge on any atom is 0.271 e. The highest BCUT2D eigenvalue weighted by Gasteiger charge is 2.14. The van der Waals surface area contributed by atoms with Crippen LogP contribution in [0.5, 0.6) is 0 Å². The Balaban J connectivity index is 1.69. The Kier molecular flexibility index (Phi) is 5.65. The zero-order valence-corrected chi connectivity index (χ0v) is 15.2. The summed E-state index contributed by atoms with van der Waals surface area (Å²) in [6.45, 7) is 0. The van der Waals surface area contributed by atoms with E-state index in [-0.39, 0.29) is 27.7 Å². The maximum atomic E-state index is 12.0. The van der Waals surface area contributed by atoms with Crippen LogP contribution < -0.4 is 5.43 Å². The van der Waals surface area contributed by atoms with Crippen LogP contribution >= 0.6 is 11.6 Å². The molecule has 0 atom stereocenters. The molecule has 1 N–H and O–H groups in total. The maximum absolute atomic E-state index is 12.0. The van der Waals surface area contributed by atoms with Gasteiger partial charge < -0.3 is 4.42 Å². The highest BCUT2D eigenvalue weighted by molar-refractivity contribution is 6.33. The van der Waals surface area contributed by atoms with Gasteiger partial charge in [0, 0.05) is 35.4 Å². The Labute approximate surface area is 167 Å². The SMILES string of the molecule is O=C(N/N=C/c1ccc(-c2cc([N+](=O)[O-])ccc2Cl)o1)c1ccc([N+](=O)[O-])cc1. The zero-order valence-electron chi connectivity index (χ0n) is 14.4. The number of hydrogen-bond donors (Lipinski definition) is 1. The van der Waals surface area contributed by atoms with Gasteiger partial charge in [-0.25, -0.2) is 5.43 Å². The van der Waals surface area contributed by atoms with Gasteiger partial charge in [0.25, 0.3) is 17.3 Å². The number of nitro groups is 2. The van der Waals surface area contributed by atoms with Crippen molar-refractivity contribution in [3.05, 3.63) is 91.2 Å². The number of nitrogens with zero attached hydrogens (tertiary/aromatic N) is 3. The summed E-state index contributed by atoms with van der Waals surface area (Å²) >= 11 is 6.07. The van der Waals surface area contributed by atoms with Crippen LogP contribution in [0.2, 0.25) is 5.02 Å². The van der Waals surface area contributed by atoms with Gasteiger partial charge in [-0.15, -0.1) is 0 Å². The number of amides is 1. The summed E-state index contributed by atoms with van der Waals surface area (Å²) in [5.74, 6) is -0.00178. The number of halogens is 1. The van der Waals surface area contributed by atoms with E-state index in [9.17, 15) is 25.0 Å². The summed E-state index contributed by atoms with van der Waals surface area (Å²) in [6, 6.07) is 12.1. The first-order valence-corrected chi connectivity index (χ1v) is 8.35. The minimum atomic E-state index is -0.568. The van der Waals surface area contributed by atoms with Crippen molar-refractivity contribution in [3.8, 4) is 11.3 Å². The van der Waals surface area contributed by atoms with E-state index < -0.39 is 15.8 Å². The van der Waals surface area contributed by atoms with Gasteiger partial charge in [0.2, 0.25) is 0 Å². The third-order valence-electron chi connectivity index (χ3n) is 3.75. The van der Waals surface area contributed by atoms with E-state index in [0.717, 1.165) is 0 Å². The van der Waals surface area contributed by atoms with Gasteiger partial charge in [0.15, 0.2) is 0 Å². The van der Waals surface area contributed by atoms with Gasteiger partial charge in [0.05, 0.1) is 21.1 Å². The number of carbonyl (C=O) groups is 1. The molecule has 0 aliphatic rings. The number of furan rings is 1. The molecule has 2 aromatic carbocycles. The lowest BCUT2D eigenvalue weighted by Crippen LogP contribution is -2.17. The van der Waals surface area contributed by atoms with Crippen LogP contribution in [0.25, 0.3) is 11.3 Å². The Morgan fingerprint density at radius 2 is 1.66 bits per heavy atom. The monoisotopic (exact) mass is 414 g/mol. The molecule has 3 rings (SSSR count). The van der Waals surface area contributed by atoms with E-state index in [1.54, 1.807) is 12.1 Å². The summed E-state index contributed by atoms with van der Waals surface area (Å²) in [5.41, 5.74) is 2.54. The second-order valence-corrected chi connectivity index (χ2v) is 6.03. The third kappa shape index (κ3) is 4.62. The largest absolute Gasteiger partial charge is 0.455 e. The number of nitro benzene ring substituents is 2. The molecular formula is C18H11ClN4O6. The number of carbonyl (C=O) groups excluding carboxylic acids is 1. The molecule has 1 aromatic heterocycles. The van der Waals surface area contributed by atoms with Gasteiger partial charge in [-0.05, 0) is 30.3 Å². The molecule has 0 aliphatic carbocycles. The molecule has 3 aromatic rings. The Hall–Kier alpha value is -4.05. The van der Waals surface area contributed by atoms with Crippen molar-refractivity contribution in [1.29, 1.82) is 0 Å². The number of non-ortho nitro benzene ring substituents is 2. The van der Waals surface area contributed by atoms with Crippen LogP contribution in [0.1, 0.15) is 16.1 Å². The Bertz CT molecular complexity index is 1120. The van der Waals surface area contributed by atoms with E-state index in [0.29, 0.717) is 11.3 Å². The molecule has 10 nitrogen and oxygen atoms in total. The molecule has 1 amide bonds. The average molecular weight is 415 g/mol. The number of hydrazone groups is 1. The predicted octanol–water partition coefficient (Wildman–Crippen LogP) is 4.18. The molecule has 146 valence electrons. The van der Waals surface area contributed by atoms with Gasteiger partial charge >= 0.3 is 0 Å². The topological polar surface area (TPSA) is 141 Å². The Morgan fingerprint density at radius 3 is 2.31 bits per heavy atom. The smallest absolute Gasteiger partial charge is 0.271 e. The molecule has 0 bridgehead atoms. The molecule has 1 heterocycles. The van der Waals surface area contributed by atoms with Crippen molar-refractivity contribution in [3.63, 3.8) is 0 Å². The molecular weight excluding hydrogens is 404 g/mol. The summed E-state index contributed by atoms with van der Waals surface area (Å²) in [6.07, 6.45) is 1.23. The molecule has 11 heteroatoms. The molecule has 29 heavy (non-hydrogen) atoms. The predicted molar refractivity (Wildman–Crippen MR) is 104 cm³/mol. The van der Waals surface area contributed by atoms with Crippen molar-refractivity contribution in [2.45, 2.75) is 0 Å². The van der Waals surface area contributed by atoms with E-state index in [1.807, 2.05) is 0 Å². The highest BCUT2D eigenvalue weighted by Crippen LogP contribution is 2.32. The Morgan fingerprint density at radius 1 is 1.00 bits per heavy atom. The molecule has 0 unspecified atom stereocenters. The minimum absolute atomic E-state index is 0.132. The number of benzene rings is 2. The highest BCUT2D eigenvalue weighted by atomic mass is 35.5. The van der Waals surface area contributed by atoms with Gasteiger partial charge in [0.1, 0.15) is 11.5 Å². The fourth-order valence-electron chi connectivity index (χ4n) is 2.34. The van der Waals surface area contributed by atoms with Crippen LogP contribution in [0.15, 0.2) is 64.1 Å². The van der Waals surface area contributed by atoms with Crippen molar-refractivity contribution in [2.75, 3.05) is 0 Å². The fraction of sp³-hybridized carbons (Fsp3) is 0. The van der Waals surface area contributed by atoms with Crippen LogP contribution in [-0.2, 0) is 0 Å². The lowest BCUT2D eigenvalue weighted by atomic mass is 10.1. The first kappa shape index (κ1) is 19.7.